The van der Waals surface area contributed by atoms with Crippen molar-refractivity contribution in [3.8, 4) is 5.75 Å². The summed E-state index contributed by atoms with van der Waals surface area (Å²) in [5.74, 6) is -1.42. The van der Waals surface area contributed by atoms with Crippen molar-refractivity contribution in [2.45, 2.75) is 13.3 Å². The van der Waals surface area contributed by atoms with Crippen LogP contribution in [0.1, 0.15) is 23.7 Å². The smallest absolute Gasteiger partial charge is 0.338 e. The maximum atomic E-state index is 13.5. The van der Waals surface area contributed by atoms with Gasteiger partial charge in [-0.25, -0.2) is 9.18 Å². The molecule has 0 unspecified atom stereocenters. The largest absolute Gasteiger partial charge is 0.482 e. The Bertz CT molecular complexity index is 764. The first-order chi connectivity index (χ1) is 12.0. The van der Waals surface area contributed by atoms with E-state index < -0.39 is 17.7 Å². The molecular weight excluding hydrogens is 327 g/mol. The van der Waals surface area contributed by atoms with E-state index in [0.29, 0.717) is 13.0 Å². The molecule has 2 aromatic rings. The van der Waals surface area contributed by atoms with Crippen LogP contribution in [-0.2, 0) is 9.53 Å². The van der Waals surface area contributed by atoms with E-state index in [9.17, 15) is 14.0 Å². The molecule has 0 aliphatic heterocycles. The average Bonchev–Trinajstić information content (AvgIpc) is 2.61. The van der Waals surface area contributed by atoms with Crippen LogP contribution in [0.2, 0.25) is 0 Å². The number of benzene rings is 2. The molecule has 1 amide bonds. The van der Waals surface area contributed by atoms with Gasteiger partial charge in [-0.3, -0.25) is 4.79 Å². The van der Waals surface area contributed by atoms with E-state index in [1.807, 2.05) is 6.92 Å². The van der Waals surface area contributed by atoms with Gasteiger partial charge < -0.3 is 20.5 Å². The van der Waals surface area contributed by atoms with E-state index in [0.717, 1.165) is 0 Å². The molecular formula is C18H19FN2O4. The molecule has 6 nitrogen and oxygen atoms in total. The van der Waals surface area contributed by atoms with Crippen molar-refractivity contribution < 1.29 is 23.5 Å². The van der Waals surface area contributed by atoms with Crippen LogP contribution in [-0.4, -0.2) is 25.1 Å². The molecule has 0 saturated carbocycles. The highest BCUT2D eigenvalue weighted by Crippen LogP contribution is 2.23. The van der Waals surface area contributed by atoms with Gasteiger partial charge in [-0.05, 0) is 36.8 Å². The summed E-state index contributed by atoms with van der Waals surface area (Å²) in [4.78, 5) is 23.7. The number of anilines is 2. The van der Waals surface area contributed by atoms with Gasteiger partial charge in [0.25, 0.3) is 5.91 Å². The van der Waals surface area contributed by atoms with E-state index >= 15 is 0 Å². The molecule has 0 aliphatic rings. The second-order valence-corrected chi connectivity index (χ2v) is 5.21. The van der Waals surface area contributed by atoms with Gasteiger partial charge in [0, 0.05) is 0 Å². The predicted octanol–water partition coefficient (Wildman–Crippen LogP) is 2.99. The lowest BCUT2D eigenvalue weighted by atomic mass is 10.2. The van der Waals surface area contributed by atoms with E-state index in [1.54, 1.807) is 6.07 Å². The summed E-state index contributed by atoms with van der Waals surface area (Å²) in [6.07, 6.45) is 0.709. The number of carbonyl (C=O) groups excluding carboxylic acids is 2. The maximum Gasteiger partial charge on any atom is 0.338 e. The Morgan fingerprint density at radius 2 is 1.96 bits per heavy atom. The summed E-state index contributed by atoms with van der Waals surface area (Å²) in [5, 5.41) is 2.39. The van der Waals surface area contributed by atoms with E-state index in [2.05, 4.69) is 5.32 Å². The van der Waals surface area contributed by atoms with Gasteiger partial charge in [0.05, 0.1) is 23.5 Å². The minimum atomic E-state index is -0.552. The fourth-order valence-electron chi connectivity index (χ4n) is 1.96. The lowest BCUT2D eigenvalue weighted by Crippen LogP contribution is -2.21. The second-order valence-electron chi connectivity index (χ2n) is 5.21. The van der Waals surface area contributed by atoms with Crippen LogP contribution in [0.25, 0.3) is 0 Å². The average molecular weight is 346 g/mol. The highest BCUT2D eigenvalue weighted by molar-refractivity contribution is 5.92. The molecule has 25 heavy (non-hydrogen) atoms. The quantitative estimate of drug-likeness (QED) is 0.594. The molecule has 0 spiro atoms. The topological polar surface area (TPSA) is 90.7 Å². The van der Waals surface area contributed by atoms with Gasteiger partial charge >= 0.3 is 5.97 Å². The van der Waals surface area contributed by atoms with Crippen LogP contribution in [0, 0.1) is 5.82 Å². The number of amides is 1. The van der Waals surface area contributed by atoms with Crippen molar-refractivity contribution in [2.75, 3.05) is 24.3 Å². The van der Waals surface area contributed by atoms with Gasteiger partial charge in [-0.2, -0.15) is 0 Å². The van der Waals surface area contributed by atoms with Crippen LogP contribution >= 0.6 is 0 Å². The van der Waals surface area contributed by atoms with Crippen LogP contribution in [0.5, 0.6) is 5.75 Å². The van der Waals surface area contributed by atoms with Gasteiger partial charge in [0.2, 0.25) is 0 Å². The number of para-hydroxylation sites is 1. The summed E-state index contributed by atoms with van der Waals surface area (Å²) < 4.78 is 23.9. The van der Waals surface area contributed by atoms with E-state index in [4.69, 9.17) is 15.2 Å². The van der Waals surface area contributed by atoms with Gasteiger partial charge in [0.1, 0.15) is 11.6 Å². The molecule has 3 N–H and O–H groups in total. The zero-order valence-electron chi connectivity index (χ0n) is 13.8. The molecule has 0 aliphatic carbocycles. The Morgan fingerprint density at radius 3 is 2.68 bits per heavy atom. The van der Waals surface area contributed by atoms with Crippen molar-refractivity contribution >= 4 is 23.3 Å². The Morgan fingerprint density at radius 1 is 1.20 bits per heavy atom. The number of hydrogen-bond acceptors (Lipinski definition) is 5. The molecule has 2 aromatic carbocycles. The van der Waals surface area contributed by atoms with Crippen molar-refractivity contribution in [2.24, 2.45) is 0 Å². The third kappa shape index (κ3) is 5.20. The minimum absolute atomic E-state index is 0.0565. The third-order valence-corrected chi connectivity index (χ3v) is 3.19. The molecule has 132 valence electrons. The van der Waals surface area contributed by atoms with Gasteiger partial charge in [-0.15, -0.1) is 0 Å². The lowest BCUT2D eigenvalue weighted by molar-refractivity contribution is -0.118. The number of nitrogens with two attached hydrogens (primary N) is 1. The number of nitrogen functional groups attached to an aromatic ring is 1. The molecule has 0 fully saturated rings. The first-order valence-electron chi connectivity index (χ1n) is 7.75. The summed E-state index contributed by atoms with van der Waals surface area (Å²) in [5.41, 5.74) is 6.38. The molecule has 2 rings (SSSR count). The summed E-state index contributed by atoms with van der Waals surface area (Å²) in [7, 11) is 0. The van der Waals surface area contributed by atoms with Crippen molar-refractivity contribution in [1.82, 2.24) is 0 Å². The van der Waals surface area contributed by atoms with E-state index in [-0.39, 0.29) is 29.3 Å². The normalized spacial score (nSPS) is 10.2. The number of rotatable bonds is 7. The molecule has 0 heterocycles. The Kier molecular flexibility index (Phi) is 6.33. The second kappa shape index (κ2) is 8.68. The predicted molar refractivity (Wildman–Crippen MR) is 92.0 cm³/mol. The monoisotopic (exact) mass is 346 g/mol. The fourth-order valence-corrected chi connectivity index (χ4v) is 1.96. The highest BCUT2D eigenvalue weighted by atomic mass is 19.1. The number of ether oxygens (including phenoxy) is 2. The number of hydrogen-bond donors (Lipinski definition) is 2. The number of halogens is 1. The highest BCUT2D eigenvalue weighted by Gasteiger charge is 2.12. The number of nitrogens with one attached hydrogen (secondary N) is 1. The van der Waals surface area contributed by atoms with Crippen LogP contribution in [0.4, 0.5) is 15.8 Å². The van der Waals surface area contributed by atoms with Crippen LogP contribution < -0.4 is 15.8 Å². The lowest BCUT2D eigenvalue weighted by Gasteiger charge is -2.11. The molecule has 0 saturated heterocycles. The fraction of sp³-hybridized carbons (Fsp3) is 0.222. The van der Waals surface area contributed by atoms with Gasteiger partial charge in [-0.1, -0.05) is 19.1 Å². The molecule has 7 heteroatoms. The molecule has 0 aromatic heterocycles. The molecule has 0 radical (unpaired) electrons. The first-order valence-corrected chi connectivity index (χ1v) is 7.75. The Labute approximate surface area is 144 Å². The zero-order chi connectivity index (χ0) is 18.2. The number of esters is 1. The van der Waals surface area contributed by atoms with Crippen LogP contribution in [0.3, 0.4) is 0 Å². The van der Waals surface area contributed by atoms with Crippen molar-refractivity contribution in [3.05, 3.63) is 53.8 Å². The minimum Gasteiger partial charge on any atom is -0.482 e. The SMILES string of the molecule is CCCOC(=O)c1ccc(N)c(OCC(=O)Nc2ccccc2F)c1. The summed E-state index contributed by atoms with van der Waals surface area (Å²) in [6.45, 7) is 1.81. The molecule has 0 bridgehead atoms. The number of carbonyl (C=O) groups is 2. The van der Waals surface area contributed by atoms with Crippen LogP contribution in [0.15, 0.2) is 42.5 Å². The van der Waals surface area contributed by atoms with Crippen molar-refractivity contribution in [1.29, 1.82) is 0 Å². The standard InChI is InChI=1S/C18H19FN2O4/c1-2-9-24-18(23)12-7-8-14(20)16(10-12)25-11-17(22)21-15-6-4-3-5-13(15)19/h3-8,10H,2,9,11,20H2,1H3,(H,21,22). The summed E-state index contributed by atoms with van der Waals surface area (Å²) in [6, 6.07) is 10.2. The Balaban J connectivity index is 1.98. The Hall–Kier alpha value is -3.09. The maximum absolute atomic E-state index is 13.5. The zero-order valence-corrected chi connectivity index (χ0v) is 13.8. The molecule has 0 atom stereocenters. The first kappa shape index (κ1) is 18.3. The van der Waals surface area contributed by atoms with Crippen molar-refractivity contribution in [3.63, 3.8) is 0 Å². The third-order valence-electron chi connectivity index (χ3n) is 3.19. The summed E-state index contributed by atoms with van der Waals surface area (Å²) >= 11 is 0. The van der Waals surface area contributed by atoms with E-state index in [1.165, 1.54) is 36.4 Å². The van der Waals surface area contributed by atoms with Gasteiger partial charge in [0.15, 0.2) is 6.61 Å².